The molecule has 2 aromatic rings. The monoisotopic (exact) mass is 359 g/mol. The fraction of sp³-hybridized carbons (Fsp3) is 0.263. The molecule has 132 valence electrons. The molecule has 0 bridgehead atoms. The average molecular weight is 360 g/mol. The Bertz CT molecular complexity index is 728. The van der Waals surface area contributed by atoms with Gasteiger partial charge >= 0.3 is 0 Å². The van der Waals surface area contributed by atoms with Gasteiger partial charge in [-0.05, 0) is 37.1 Å². The minimum absolute atomic E-state index is 0. The number of carbonyl (C=O) groups excluding carboxylic acids is 2. The summed E-state index contributed by atoms with van der Waals surface area (Å²) in [6.07, 6.45) is 1.33. The topological polar surface area (TPSA) is 75.4 Å². The number of likely N-dealkylation sites (tertiary alicyclic amines) is 1. The van der Waals surface area contributed by atoms with Gasteiger partial charge in [0, 0.05) is 24.6 Å². The van der Waals surface area contributed by atoms with Crippen molar-refractivity contribution < 1.29 is 9.59 Å². The summed E-state index contributed by atoms with van der Waals surface area (Å²) in [5.41, 5.74) is 7.75. The summed E-state index contributed by atoms with van der Waals surface area (Å²) in [6, 6.07) is 16.5. The Hall–Kier alpha value is -2.53. The molecule has 3 N–H and O–H groups in total. The van der Waals surface area contributed by atoms with E-state index in [1.54, 1.807) is 12.1 Å². The number of anilines is 2. The Labute approximate surface area is 153 Å². The highest BCUT2D eigenvalue weighted by atomic mass is 35.5. The highest BCUT2D eigenvalue weighted by Crippen LogP contribution is 2.23. The van der Waals surface area contributed by atoms with E-state index < -0.39 is 0 Å². The highest BCUT2D eigenvalue weighted by molar-refractivity contribution is 5.96. The number of benzene rings is 2. The molecule has 1 fully saturated rings. The zero-order chi connectivity index (χ0) is 16.9. The normalized spacial score (nSPS) is 14.5. The molecule has 3 rings (SSSR count). The third-order valence-electron chi connectivity index (χ3n) is 4.39. The number of rotatable bonds is 3. The summed E-state index contributed by atoms with van der Waals surface area (Å²) in [5.74, 6) is -0.0918. The first-order chi connectivity index (χ1) is 11.6. The van der Waals surface area contributed by atoms with Crippen LogP contribution in [0.2, 0.25) is 0 Å². The van der Waals surface area contributed by atoms with Crippen LogP contribution in [0.4, 0.5) is 11.4 Å². The molecular formula is C19H22ClN3O2. The summed E-state index contributed by atoms with van der Waals surface area (Å²) < 4.78 is 0. The van der Waals surface area contributed by atoms with Crippen molar-refractivity contribution in [3.63, 3.8) is 0 Å². The summed E-state index contributed by atoms with van der Waals surface area (Å²) in [5, 5.41) is 2.89. The molecule has 0 aliphatic carbocycles. The van der Waals surface area contributed by atoms with E-state index in [2.05, 4.69) is 5.32 Å². The molecule has 2 amide bonds. The number of carbonyl (C=O) groups is 2. The number of para-hydroxylation sites is 2. The number of nitrogens with zero attached hydrogens (tertiary/aromatic N) is 1. The quantitative estimate of drug-likeness (QED) is 0.826. The Morgan fingerprint density at radius 3 is 2.20 bits per heavy atom. The van der Waals surface area contributed by atoms with E-state index in [-0.39, 0.29) is 30.1 Å². The minimum atomic E-state index is -0.0931. The first-order valence-corrected chi connectivity index (χ1v) is 8.15. The van der Waals surface area contributed by atoms with Crippen LogP contribution in [0, 0.1) is 5.92 Å². The van der Waals surface area contributed by atoms with Gasteiger partial charge in [-0.25, -0.2) is 0 Å². The molecule has 25 heavy (non-hydrogen) atoms. The largest absolute Gasteiger partial charge is 0.397 e. The van der Waals surface area contributed by atoms with Gasteiger partial charge in [-0.1, -0.05) is 30.3 Å². The molecule has 1 aliphatic heterocycles. The summed E-state index contributed by atoms with van der Waals surface area (Å²) >= 11 is 0. The van der Waals surface area contributed by atoms with Crippen molar-refractivity contribution in [3.05, 3.63) is 60.2 Å². The molecule has 0 unspecified atom stereocenters. The van der Waals surface area contributed by atoms with Gasteiger partial charge in [-0.3, -0.25) is 9.59 Å². The Balaban J connectivity index is 0.00000225. The molecule has 0 radical (unpaired) electrons. The third kappa shape index (κ3) is 4.51. The van der Waals surface area contributed by atoms with Crippen LogP contribution in [0.25, 0.3) is 0 Å². The van der Waals surface area contributed by atoms with Gasteiger partial charge in [-0.2, -0.15) is 0 Å². The fourth-order valence-corrected chi connectivity index (χ4v) is 2.95. The van der Waals surface area contributed by atoms with E-state index in [0.29, 0.717) is 42.9 Å². The zero-order valence-electron chi connectivity index (χ0n) is 13.9. The van der Waals surface area contributed by atoms with Crippen molar-refractivity contribution in [2.24, 2.45) is 5.92 Å². The van der Waals surface area contributed by atoms with Crippen LogP contribution in [0.3, 0.4) is 0 Å². The second-order valence-electron chi connectivity index (χ2n) is 6.01. The minimum Gasteiger partial charge on any atom is -0.397 e. The Kier molecular flexibility index (Phi) is 6.42. The van der Waals surface area contributed by atoms with Gasteiger partial charge in [0.2, 0.25) is 5.91 Å². The van der Waals surface area contributed by atoms with Crippen LogP contribution >= 0.6 is 12.4 Å². The number of nitrogens with one attached hydrogen (secondary N) is 1. The van der Waals surface area contributed by atoms with Crippen molar-refractivity contribution in [1.29, 1.82) is 0 Å². The van der Waals surface area contributed by atoms with Crippen molar-refractivity contribution in [1.82, 2.24) is 4.90 Å². The molecule has 0 spiro atoms. The summed E-state index contributed by atoms with van der Waals surface area (Å²) in [7, 11) is 0. The first-order valence-electron chi connectivity index (χ1n) is 8.15. The maximum Gasteiger partial charge on any atom is 0.253 e. The molecule has 0 saturated carbocycles. The number of halogens is 1. The lowest BCUT2D eigenvalue weighted by molar-refractivity contribution is -0.121. The van der Waals surface area contributed by atoms with Crippen LogP contribution < -0.4 is 11.1 Å². The number of nitrogens with two attached hydrogens (primary N) is 1. The molecule has 1 aliphatic rings. The smallest absolute Gasteiger partial charge is 0.253 e. The fourth-order valence-electron chi connectivity index (χ4n) is 2.95. The maximum absolute atomic E-state index is 12.4. The lowest BCUT2D eigenvalue weighted by atomic mass is 9.95. The predicted octanol–water partition coefficient (Wildman–Crippen LogP) is 3.18. The SMILES string of the molecule is Cl.Nc1ccccc1NC(=O)C1CCN(C(=O)c2ccccc2)CC1. The second kappa shape index (κ2) is 8.53. The lowest BCUT2D eigenvalue weighted by Gasteiger charge is -2.31. The molecule has 2 aromatic carbocycles. The number of piperidine rings is 1. The van der Waals surface area contributed by atoms with E-state index >= 15 is 0 Å². The van der Waals surface area contributed by atoms with Gasteiger partial charge in [0.05, 0.1) is 11.4 Å². The van der Waals surface area contributed by atoms with Crippen LogP contribution in [-0.4, -0.2) is 29.8 Å². The molecule has 0 aromatic heterocycles. The van der Waals surface area contributed by atoms with Gasteiger partial charge in [-0.15, -0.1) is 12.4 Å². The number of hydrogen-bond acceptors (Lipinski definition) is 3. The van der Waals surface area contributed by atoms with Gasteiger partial charge < -0.3 is 16.0 Å². The molecular weight excluding hydrogens is 338 g/mol. The van der Waals surface area contributed by atoms with Crippen LogP contribution in [-0.2, 0) is 4.79 Å². The summed E-state index contributed by atoms with van der Waals surface area (Å²) in [6.45, 7) is 1.19. The predicted molar refractivity (Wildman–Crippen MR) is 102 cm³/mol. The Morgan fingerprint density at radius 2 is 1.56 bits per heavy atom. The second-order valence-corrected chi connectivity index (χ2v) is 6.01. The lowest BCUT2D eigenvalue weighted by Crippen LogP contribution is -2.41. The number of amides is 2. The van der Waals surface area contributed by atoms with E-state index in [1.807, 2.05) is 47.4 Å². The van der Waals surface area contributed by atoms with Crippen molar-refractivity contribution in [2.75, 3.05) is 24.1 Å². The van der Waals surface area contributed by atoms with E-state index in [0.717, 1.165) is 0 Å². The zero-order valence-corrected chi connectivity index (χ0v) is 14.7. The van der Waals surface area contributed by atoms with Gasteiger partial charge in [0.25, 0.3) is 5.91 Å². The molecule has 1 saturated heterocycles. The van der Waals surface area contributed by atoms with Gasteiger partial charge in [0.15, 0.2) is 0 Å². The van der Waals surface area contributed by atoms with Crippen molar-refractivity contribution in [3.8, 4) is 0 Å². The number of hydrogen-bond donors (Lipinski definition) is 2. The standard InChI is InChI=1S/C19H21N3O2.ClH/c20-16-8-4-5-9-17(16)21-18(23)14-10-12-22(13-11-14)19(24)15-6-2-1-3-7-15;/h1-9,14H,10-13,20H2,(H,21,23);1H. The van der Waals surface area contributed by atoms with Crippen LogP contribution in [0.1, 0.15) is 23.2 Å². The van der Waals surface area contributed by atoms with E-state index in [9.17, 15) is 9.59 Å². The highest BCUT2D eigenvalue weighted by Gasteiger charge is 2.28. The van der Waals surface area contributed by atoms with Crippen molar-refractivity contribution >= 4 is 35.6 Å². The molecule has 5 nitrogen and oxygen atoms in total. The number of nitrogen functional groups attached to an aromatic ring is 1. The van der Waals surface area contributed by atoms with E-state index in [1.165, 1.54) is 0 Å². The maximum atomic E-state index is 12.4. The first kappa shape index (κ1) is 18.8. The van der Waals surface area contributed by atoms with Crippen LogP contribution in [0.15, 0.2) is 54.6 Å². The summed E-state index contributed by atoms with van der Waals surface area (Å²) in [4.78, 5) is 26.6. The Morgan fingerprint density at radius 1 is 0.960 bits per heavy atom. The average Bonchev–Trinajstić information content (AvgIpc) is 2.64. The van der Waals surface area contributed by atoms with Crippen LogP contribution in [0.5, 0.6) is 0 Å². The van der Waals surface area contributed by atoms with E-state index in [4.69, 9.17) is 5.73 Å². The third-order valence-corrected chi connectivity index (χ3v) is 4.39. The van der Waals surface area contributed by atoms with Gasteiger partial charge in [0.1, 0.15) is 0 Å². The molecule has 1 heterocycles. The molecule has 6 heteroatoms. The van der Waals surface area contributed by atoms with Crippen molar-refractivity contribution in [2.45, 2.75) is 12.8 Å². The molecule has 0 atom stereocenters.